The monoisotopic (exact) mass is 314 g/mol. The Bertz CT molecular complexity index is 405. The van der Waals surface area contributed by atoms with Gasteiger partial charge >= 0.3 is 0 Å². The number of thioether (sulfide) groups is 1. The zero-order valence-electron chi connectivity index (χ0n) is 14.1. The van der Waals surface area contributed by atoms with Crippen LogP contribution in [0.3, 0.4) is 0 Å². The van der Waals surface area contributed by atoms with E-state index < -0.39 is 0 Å². The van der Waals surface area contributed by atoms with Crippen molar-refractivity contribution >= 4 is 11.8 Å². The molecule has 0 radical (unpaired) electrons. The Morgan fingerprint density at radius 1 is 1.33 bits per heavy atom. The summed E-state index contributed by atoms with van der Waals surface area (Å²) in [4.78, 5) is 2.45. The van der Waals surface area contributed by atoms with Gasteiger partial charge in [-0.2, -0.15) is 5.10 Å². The van der Waals surface area contributed by atoms with E-state index in [0.29, 0.717) is 0 Å². The van der Waals surface area contributed by atoms with E-state index in [2.05, 4.69) is 36.1 Å². The molecule has 0 aliphatic rings. The first-order valence-electron chi connectivity index (χ1n) is 7.71. The van der Waals surface area contributed by atoms with Crippen molar-refractivity contribution in [3.05, 3.63) is 11.3 Å². The largest absolute Gasteiger partial charge is 0.383 e. The van der Waals surface area contributed by atoms with Gasteiger partial charge in [-0.05, 0) is 20.0 Å². The molecule has 6 heteroatoms. The summed E-state index contributed by atoms with van der Waals surface area (Å²) in [5.41, 5.74) is 2.44. The zero-order chi connectivity index (χ0) is 15.7. The van der Waals surface area contributed by atoms with Gasteiger partial charge in [-0.25, -0.2) is 0 Å². The maximum absolute atomic E-state index is 5.07. The molecule has 1 heterocycles. The summed E-state index contributed by atoms with van der Waals surface area (Å²) in [7, 11) is 3.76. The number of aromatic nitrogens is 2. The molecule has 0 saturated heterocycles. The second-order valence-electron chi connectivity index (χ2n) is 5.04. The van der Waals surface area contributed by atoms with Crippen LogP contribution in [0.5, 0.6) is 0 Å². The topological polar surface area (TPSA) is 42.3 Å². The minimum absolute atomic E-state index is 0.740. The first-order valence-corrected chi connectivity index (χ1v) is 8.69. The number of rotatable bonds is 11. The summed E-state index contributed by atoms with van der Waals surface area (Å²) < 4.78 is 7.08. The summed E-state index contributed by atoms with van der Waals surface area (Å²) >= 11 is 1.90. The standard InChI is InChI=1S/C15H30N4OS/c1-6-19(7-2)9-11-21-15-14(12-16-8-10-20-5)13(3)17-18(15)4/h16H,6-12H2,1-5H3. The van der Waals surface area contributed by atoms with Crippen LogP contribution in [0.2, 0.25) is 0 Å². The Labute approximate surface area is 133 Å². The van der Waals surface area contributed by atoms with Crippen molar-refractivity contribution < 1.29 is 4.74 Å². The van der Waals surface area contributed by atoms with Crippen molar-refractivity contribution in [2.24, 2.45) is 7.05 Å². The van der Waals surface area contributed by atoms with Crippen LogP contribution < -0.4 is 5.32 Å². The van der Waals surface area contributed by atoms with Gasteiger partial charge in [0.1, 0.15) is 0 Å². The Morgan fingerprint density at radius 2 is 2.05 bits per heavy atom. The lowest BCUT2D eigenvalue weighted by atomic mass is 10.2. The highest BCUT2D eigenvalue weighted by atomic mass is 32.2. The fourth-order valence-corrected chi connectivity index (χ4v) is 3.43. The summed E-state index contributed by atoms with van der Waals surface area (Å²) in [5, 5.41) is 9.26. The van der Waals surface area contributed by atoms with E-state index in [1.165, 1.54) is 10.6 Å². The highest BCUT2D eigenvalue weighted by molar-refractivity contribution is 7.99. The van der Waals surface area contributed by atoms with Gasteiger partial charge in [0.05, 0.1) is 17.3 Å². The predicted octanol–water partition coefficient (Wildman–Crippen LogP) is 1.90. The van der Waals surface area contributed by atoms with Gasteiger partial charge in [0, 0.05) is 45.1 Å². The van der Waals surface area contributed by atoms with Gasteiger partial charge in [0.15, 0.2) is 0 Å². The van der Waals surface area contributed by atoms with Crippen molar-refractivity contribution in [1.82, 2.24) is 20.0 Å². The molecule has 21 heavy (non-hydrogen) atoms. The fourth-order valence-electron chi connectivity index (χ4n) is 2.26. The molecule has 0 aliphatic heterocycles. The highest BCUT2D eigenvalue weighted by Gasteiger charge is 2.13. The molecule has 0 saturated carbocycles. The van der Waals surface area contributed by atoms with Crippen molar-refractivity contribution in [3.63, 3.8) is 0 Å². The van der Waals surface area contributed by atoms with Gasteiger partial charge in [0.25, 0.3) is 0 Å². The van der Waals surface area contributed by atoms with Crippen molar-refractivity contribution in [1.29, 1.82) is 0 Å². The minimum atomic E-state index is 0.740. The van der Waals surface area contributed by atoms with Crippen molar-refractivity contribution in [3.8, 4) is 0 Å². The Balaban J connectivity index is 2.55. The van der Waals surface area contributed by atoms with Gasteiger partial charge in [-0.15, -0.1) is 11.8 Å². The SMILES string of the molecule is CCN(CC)CCSc1c(CNCCOC)c(C)nn1C. The van der Waals surface area contributed by atoms with E-state index in [9.17, 15) is 0 Å². The molecule has 122 valence electrons. The third kappa shape index (κ3) is 5.98. The maximum Gasteiger partial charge on any atom is 0.0984 e. The van der Waals surface area contributed by atoms with E-state index >= 15 is 0 Å². The minimum Gasteiger partial charge on any atom is -0.383 e. The first kappa shape index (κ1) is 18.5. The quantitative estimate of drug-likeness (QED) is 0.499. The molecule has 0 unspecified atom stereocenters. The third-order valence-corrected chi connectivity index (χ3v) is 4.79. The zero-order valence-corrected chi connectivity index (χ0v) is 14.9. The molecule has 5 nitrogen and oxygen atoms in total. The molecule has 0 aliphatic carbocycles. The average Bonchev–Trinajstić information content (AvgIpc) is 2.74. The molecule has 0 spiro atoms. The van der Waals surface area contributed by atoms with Crippen LogP contribution in [0.15, 0.2) is 5.03 Å². The van der Waals surface area contributed by atoms with Crippen LogP contribution in [0.1, 0.15) is 25.1 Å². The van der Waals surface area contributed by atoms with Crippen LogP contribution in [-0.2, 0) is 18.3 Å². The average molecular weight is 314 g/mol. The van der Waals surface area contributed by atoms with Crippen molar-refractivity contribution in [2.75, 3.05) is 45.6 Å². The van der Waals surface area contributed by atoms with E-state index in [1.807, 2.05) is 23.5 Å². The normalized spacial score (nSPS) is 11.5. The molecule has 0 fully saturated rings. The van der Waals surface area contributed by atoms with Gasteiger partial charge < -0.3 is 15.0 Å². The molecular weight excluding hydrogens is 284 g/mol. The van der Waals surface area contributed by atoms with Crippen LogP contribution in [0.4, 0.5) is 0 Å². The fraction of sp³-hybridized carbons (Fsp3) is 0.800. The van der Waals surface area contributed by atoms with Gasteiger partial charge in [-0.1, -0.05) is 13.8 Å². The lowest BCUT2D eigenvalue weighted by Gasteiger charge is -2.17. The lowest BCUT2D eigenvalue weighted by molar-refractivity contribution is 0.199. The number of hydrogen-bond donors (Lipinski definition) is 1. The number of aryl methyl sites for hydroxylation is 2. The van der Waals surface area contributed by atoms with Crippen LogP contribution in [0.25, 0.3) is 0 Å². The second kappa shape index (κ2) is 10.2. The van der Waals surface area contributed by atoms with Crippen LogP contribution in [-0.4, -0.2) is 60.3 Å². The number of nitrogens with zero attached hydrogens (tertiary/aromatic N) is 3. The lowest BCUT2D eigenvalue weighted by Crippen LogP contribution is -2.25. The predicted molar refractivity (Wildman–Crippen MR) is 90.0 cm³/mol. The number of hydrogen-bond acceptors (Lipinski definition) is 5. The van der Waals surface area contributed by atoms with Gasteiger partial charge in [-0.3, -0.25) is 4.68 Å². The van der Waals surface area contributed by atoms with Crippen LogP contribution >= 0.6 is 11.8 Å². The molecule has 1 aromatic heterocycles. The molecule has 1 aromatic rings. The Hall–Kier alpha value is -0.560. The highest BCUT2D eigenvalue weighted by Crippen LogP contribution is 2.24. The summed E-state index contributed by atoms with van der Waals surface area (Å²) in [6.45, 7) is 12.3. The maximum atomic E-state index is 5.07. The molecule has 1 N–H and O–H groups in total. The molecule has 0 aromatic carbocycles. The second-order valence-corrected chi connectivity index (χ2v) is 6.12. The molecule has 0 bridgehead atoms. The summed E-state index contributed by atoms with van der Waals surface area (Å²) in [5.74, 6) is 1.10. The molecule has 0 amide bonds. The van der Waals surface area contributed by atoms with Crippen molar-refractivity contribution in [2.45, 2.75) is 32.3 Å². The number of methoxy groups -OCH3 is 1. The van der Waals surface area contributed by atoms with E-state index in [0.717, 1.165) is 50.8 Å². The Morgan fingerprint density at radius 3 is 2.67 bits per heavy atom. The van der Waals surface area contributed by atoms with E-state index in [1.54, 1.807) is 7.11 Å². The Kier molecular flexibility index (Phi) is 8.99. The van der Waals surface area contributed by atoms with Crippen LogP contribution in [0, 0.1) is 6.92 Å². The summed E-state index contributed by atoms with van der Waals surface area (Å²) in [6, 6.07) is 0. The summed E-state index contributed by atoms with van der Waals surface area (Å²) in [6.07, 6.45) is 0. The smallest absolute Gasteiger partial charge is 0.0984 e. The van der Waals surface area contributed by atoms with E-state index in [-0.39, 0.29) is 0 Å². The first-order chi connectivity index (χ1) is 10.1. The molecule has 0 atom stereocenters. The number of ether oxygens (including phenoxy) is 1. The van der Waals surface area contributed by atoms with Gasteiger partial charge in [0.2, 0.25) is 0 Å². The molecular formula is C15H30N4OS. The van der Waals surface area contributed by atoms with E-state index in [4.69, 9.17) is 4.74 Å². The third-order valence-electron chi connectivity index (χ3n) is 3.61. The number of nitrogens with one attached hydrogen (secondary N) is 1. The molecule has 1 rings (SSSR count).